The Labute approximate surface area is 117 Å². The van der Waals surface area contributed by atoms with Crippen molar-refractivity contribution in [3.63, 3.8) is 0 Å². The molecule has 0 fully saturated rings. The molecule has 3 nitrogen and oxygen atoms in total. The van der Waals surface area contributed by atoms with E-state index in [9.17, 15) is 0 Å². The van der Waals surface area contributed by atoms with Crippen LogP contribution < -0.4 is 15.2 Å². The number of rotatable bonds is 5. The lowest BCUT2D eigenvalue weighted by Gasteiger charge is -2.14. The minimum atomic E-state index is 0.410. The van der Waals surface area contributed by atoms with E-state index in [2.05, 4.69) is 0 Å². The first-order valence-corrected chi connectivity index (χ1v) is 6.35. The van der Waals surface area contributed by atoms with Crippen molar-refractivity contribution in [3.8, 4) is 11.5 Å². The van der Waals surface area contributed by atoms with Crippen molar-refractivity contribution in [2.75, 3.05) is 7.11 Å². The Morgan fingerprint density at radius 2 is 1.84 bits per heavy atom. The van der Waals surface area contributed by atoms with E-state index in [-0.39, 0.29) is 0 Å². The molecule has 0 saturated heterocycles. The van der Waals surface area contributed by atoms with Gasteiger partial charge >= 0.3 is 0 Å². The SMILES string of the molecule is COc1cccc(CN)c1OCc1ccc(Cl)cc1. The predicted molar refractivity (Wildman–Crippen MR) is 76.7 cm³/mol. The molecule has 19 heavy (non-hydrogen) atoms. The van der Waals surface area contributed by atoms with E-state index in [1.54, 1.807) is 7.11 Å². The minimum Gasteiger partial charge on any atom is -0.493 e. The third-order valence-electron chi connectivity index (χ3n) is 2.80. The lowest BCUT2D eigenvalue weighted by molar-refractivity contribution is 0.281. The lowest BCUT2D eigenvalue weighted by atomic mass is 10.2. The fraction of sp³-hybridized carbons (Fsp3) is 0.200. The molecule has 0 aromatic heterocycles. The van der Waals surface area contributed by atoms with Crippen molar-refractivity contribution >= 4 is 11.6 Å². The first-order chi connectivity index (χ1) is 9.24. The Hall–Kier alpha value is -1.71. The number of hydrogen-bond acceptors (Lipinski definition) is 3. The molecule has 0 aliphatic heterocycles. The largest absolute Gasteiger partial charge is 0.493 e. The van der Waals surface area contributed by atoms with E-state index in [4.69, 9.17) is 26.8 Å². The van der Waals surface area contributed by atoms with Crippen molar-refractivity contribution in [3.05, 3.63) is 58.6 Å². The average Bonchev–Trinajstić information content (AvgIpc) is 2.46. The summed E-state index contributed by atoms with van der Waals surface area (Å²) in [7, 11) is 1.62. The van der Waals surface area contributed by atoms with Crippen LogP contribution in [0.1, 0.15) is 11.1 Å². The Bertz CT molecular complexity index is 518. The van der Waals surface area contributed by atoms with Gasteiger partial charge in [-0.05, 0) is 23.8 Å². The van der Waals surface area contributed by atoms with E-state index < -0.39 is 0 Å². The number of nitrogens with two attached hydrogens (primary N) is 1. The fourth-order valence-electron chi connectivity index (χ4n) is 1.78. The standard InChI is InChI=1S/C15H16ClNO2/c1-18-14-4-2-3-12(9-17)15(14)19-10-11-5-7-13(16)8-6-11/h2-8H,9-10,17H2,1H3. The molecule has 2 N–H and O–H groups in total. The van der Waals surface area contributed by atoms with Gasteiger partial charge < -0.3 is 15.2 Å². The van der Waals surface area contributed by atoms with E-state index in [1.165, 1.54) is 0 Å². The molecule has 0 unspecified atom stereocenters. The smallest absolute Gasteiger partial charge is 0.166 e. The highest BCUT2D eigenvalue weighted by molar-refractivity contribution is 6.30. The Balaban J connectivity index is 2.16. The molecule has 4 heteroatoms. The third-order valence-corrected chi connectivity index (χ3v) is 3.05. The second kappa shape index (κ2) is 6.45. The van der Waals surface area contributed by atoms with Crippen molar-refractivity contribution in [1.29, 1.82) is 0 Å². The van der Waals surface area contributed by atoms with Crippen LogP contribution in [0.4, 0.5) is 0 Å². The molecular formula is C15H16ClNO2. The highest BCUT2D eigenvalue weighted by Gasteiger charge is 2.09. The second-order valence-corrected chi connectivity index (χ2v) is 4.50. The monoisotopic (exact) mass is 277 g/mol. The average molecular weight is 278 g/mol. The van der Waals surface area contributed by atoms with Crippen LogP contribution in [-0.2, 0) is 13.2 Å². The van der Waals surface area contributed by atoms with Gasteiger partial charge in [0, 0.05) is 17.1 Å². The van der Waals surface area contributed by atoms with Gasteiger partial charge in [-0.2, -0.15) is 0 Å². The van der Waals surface area contributed by atoms with Crippen LogP contribution in [-0.4, -0.2) is 7.11 Å². The first kappa shape index (κ1) is 13.7. The molecule has 0 aliphatic rings. The third kappa shape index (κ3) is 3.40. The number of ether oxygens (including phenoxy) is 2. The summed E-state index contributed by atoms with van der Waals surface area (Å²) >= 11 is 5.85. The highest BCUT2D eigenvalue weighted by Crippen LogP contribution is 2.31. The zero-order valence-corrected chi connectivity index (χ0v) is 11.5. The Morgan fingerprint density at radius 3 is 2.47 bits per heavy atom. The predicted octanol–water partition coefficient (Wildman–Crippen LogP) is 3.39. The summed E-state index contributed by atoms with van der Waals surface area (Å²) < 4.78 is 11.1. The molecule has 0 atom stereocenters. The van der Waals surface area contributed by atoms with Crippen molar-refractivity contribution < 1.29 is 9.47 Å². The van der Waals surface area contributed by atoms with Gasteiger partial charge in [-0.3, -0.25) is 0 Å². The summed E-state index contributed by atoms with van der Waals surface area (Å²) in [5.41, 5.74) is 7.67. The van der Waals surface area contributed by atoms with Gasteiger partial charge in [0.1, 0.15) is 6.61 Å². The maximum Gasteiger partial charge on any atom is 0.166 e. The number of benzene rings is 2. The number of halogens is 1. The molecule has 0 bridgehead atoms. The van der Waals surface area contributed by atoms with Crippen molar-refractivity contribution in [2.24, 2.45) is 5.73 Å². The van der Waals surface area contributed by atoms with Gasteiger partial charge in [-0.15, -0.1) is 0 Å². The number of hydrogen-bond donors (Lipinski definition) is 1. The quantitative estimate of drug-likeness (QED) is 0.911. The summed E-state index contributed by atoms with van der Waals surface area (Å²) in [6.07, 6.45) is 0. The van der Waals surface area contributed by atoms with E-state index >= 15 is 0 Å². The zero-order chi connectivity index (χ0) is 13.7. The maximum absolute atomic E-state index is 5.85. The first-order valence-electron chi connectivity index (χ1n) is 5.97. The lowest BCUT2D eigenvalue weighted by Crippen LogP contribution is -2.04. The van der Waals surface area contributed by atoms with Gasteiger partial charge in [0.25, 0.3) is 0 Å². The molecule has 0 spiro atoms. The Morgan fingerprint density at radius 1 is 1.11 bits per heavy atom. The topological polar surface area (TPSA) is 44.5 Å². The molecule has 0 amide bonds. The van der Waals surface area contributed by atoms with Crippen LogP contribution >= 0.6 is 11.6 Å². The van der Waals surface area contributed by atoms with Gasteiger partial charge in [0.05, 0.1) is 7.11 Å². The molecule has 0 aliphatic carbocycles. The molecule has 0 radical (unpaired) electrons. The van der Waals surface area contributed by atoms with E-state index in [0.717, 1.165) is 11.1 Å². The van der Waals surface area contributed by atoms with Crippen LogP contribution in [0.2, 0.25) is 5.02 Å². The zero-order valence-electron chi connectivity index (χ0n) is 10.7. The molecule has 2 rings (SSSR count). The summed E-state index contributed by atoms with van der Waals surface area (Å²) in [5.74, 6) is 1.39. The number of methoxy groups -OCH3 is 1. The summed E-state index contributed by atoms with van der Waals surface area (Å²) in [6.45, 7) is 0.859. The van der Waals surface area contributed by atoms with Gasteiger partial charge in [0.2, 0.25) is 0 Å². The van der Waals surface area contributed by atoms with Gasteiger partial charge in [-0.25, -0.2) is 0 Å². The van der Waals surface area contributed by atoms with Crippen LogP contribution in [0, 0.1) is 0 Å². The normalized spacial score (nSPS) is 10.3. The molecule has 0 saturated carbocycles. The van der Waals surface area contributed by atoms with Crippen LogP contribution in [0.5, 0.6) is 11.5 Å². The van der Waals surface area contributed by atoms with Crippen molar-refractivity contribution in [1.82, 2.24) is 0 Å². The molecule has 0 heterocycles. The van der Waals surface area contributed by atoms with E-state index in [0.29, 0.717) is 29.7 Å². The molecular weight excluding hydrogens is 262 g/mol. The summed E-state index contributed by atoms with van der Waals surface area (Å²) in [6, 6.07) is 13.2. The maximum atomic E-state index is 5.85. The minimum absolute atomic E-state index is 0.410. The van der Waals surface area contributed by atoms with E-state index in [1.807, 2.05) is 42.5 Å². The highest BCUT2D eigenvalue weighted by atomic mass is 35.5. The van der Waals surface area contributed by atoms with Crippen LogP contribution in [0.15, 0.2) is 42.5 Å². The summed E-state index contributed by atoms with van der Waals surface area (Å²) in [5, 5.41) is 0.712. The van der Waals surface area contributed by atoms with Crippen molar-refractivity contribution in [2.45, 2.75) is 13.2 Å². The second-order valence-electron chi connectivity index (χ2n) is 4.07. The fourth-order valence-corrected chi connectivity index (χ4v) is 1.91. The number of para-hydroxylation sites is 1. The molecule has 100 valence electrons. The van der Waals surface area contributed by atoms with Gasteiger partial charge in [-0.1, -0.05) is 35.9 Å². The molecule has 2 aromatic carbocycles. The Kier molecular flexibility index (Phi) is 4.66. The van der Waals surface area contributed by atoms with Gasteiger partial charge in [0.15, 0.2) is 11.5 Å². The van der Waals surface area contributed by atoms with Crippen LogP contribution in [0.3, 0.4) is 0 Å². The molecule has 2 aromatic rings. The van der Waals surface area contributed by atoms with Crippen LogP contribution in [0.25, 0.3) is 0 Å². The summed E-state index contributed by atoms with van der Waals surface area (Å²) in [4.78, 5) is 0.